The number of hydrogen-bond donors (Lipinski definition) is 20. The third kappa shape index (κ3) is 27.5. The molecule has 36 heteroatoms. The van der Waals surface area contributed by atoms with Gasteiger partial charge in [0.15, 0.2) is 50.1 Å². The van der Waals surface area contributed by atoms with Crippen molar-refractivity contribution < 1.29 is 178 Å². The van der Waals surface area contributed by atoms with Crippen LogP contribution in [0.3, 0.4) is 0 Å². The van der Waals surface area contributed by atoms with Gasteiger partial charge in [-0.1, -0.05) is 83.4 Å². The van der Waals surface area contributed by atoms with Gasteiger partial charge in [-0.25, -0.2) is 4.79 Å². The highest BCUT2D eigenvalue weighted by Crippen LogP contribution is 2.39. The molecule has 0 aromatic carbocycles. The summed E-state index contributed by atoms with van der Waals surface area (Å²) < 4.78 is 88.7. The Morgan fingerprint density at radius 3 is 1.13 bits per heavy atom. The van der Waals surface area contributed by atoms with E-state index in [1.807, 2.05) is 46.8 Å². The minimum Gasteiger partial charge on any atom is -0.451 e. The fourth-order valence-electron chi connectivity index (χ4n) is 14.8. The first-order valence-electron chi connectivity index (χ1n) is 41.2. The van der Waals surface area contributed by atoms with Crippen LogP contribution in [0.25, 0.3) is 0 Å². The lowest BCUT2D eigenvalue weighted by Crippen LogP contribution is -2.65. The van der Waals surface area contributed by atoms with Crippen LogP contribution in [-0.4, -0.2) is 367 Å². The molecule has 7 aliphatic heterocycles. The normalized spacial score (nSPS) is 41.1. The first-order chi connectivity index (χ1) is 56.2. The van der Waals surface area contributed by atoms with Gasteiger partial charge in [0, 0.05) is 5.57 Å². The molecule has 0 bridgehead atoms. The standard InChI is InChI=1S/C83H136O36/c1-14-48-55(89)64(98)72(116-76-66(100)60(94)56(90)49(35-84)110-76)80(109-48)118-82(12,15-2)33-21-30-43(7)26-18-24-41(5)28-20-32-45(9)74(104)114-71-63(97)53(87)46(10)108-79(71)106-39-52-59(93)62(96)68(102)78(113-52)115-70-54(88)47(11)107-75(69(70)103)105-38-44(8)29-19-27-40(4)23-17-25-42(6)31-22-34-83(13,16-3)119-81-73(65(99)58(92)51(37-86)112-81)117-77-67(101)61(95)57(91)50(36-85)111-77/h15-16,23-24,29-32,46-73,75-81,84-103H,2-3,14,17-22,25-28,33-39H2,1,4-13H3/b40-23+,41-24+,42-31+,43-30+,44-29-,45-32+. The smallest absolute Gasteiger partial charge is 0.333 e. The molecule has 0 aliphatic carbocycles. The van der Waals surface area contributed by atoms with Gasteiger partial charge in [-0.2, -0.15) is 0 Å². The van der Waals surface area contributed by atoms with Crippen LogP contribution < -0.4 is 0 Å². The zero-order valence-electron chi connectivity index (χ0n) is 69.9. The maximum atomic E-state index is 13.6. The molecule has 7 aliphatic rings. The largest absolute Gasteiger partial charge is 0.451 e. The van der Waals surface area contributed by atoms with Gasteiger partial charge in [-0.05, 0) is 153 Å². The van der Waals surface area contributed by atoms with Crippen molar-refractivity contribution in [2.24, 2.45) is 0 Å². The molecule has 0 aromatic heterocycles. The van der Waals surface area contributed by atoms with Crippen molar-refractivity contribution in [1.29, 1.82) is 0 Å². The third-order valence-corrected chi connectivity index (χ3v) is 23.1. The highest BCUT2D eigenvalue weighted by molar-refractivity contribution is 5.87. The highest BCUT2D eigenvalue weighted by atomic mass is 16.8. The Labute approximate surface area is 695 Å². The summed E-state index contributed by atoms with van der Waals surface area (Å²) in [5.74, 6) is -0.864. The summed E-state index contributed by atoms with van der Waals surface area (Å²) in [4.78, 5) is 13.6. The average molecular weight is 1710 g/mol. The minimum atomic E-state index is -1.93. The number of hydrogen-bond acceptors (Lipinski definition) is 36. The highest BCUT2D eigenvalue weighted by Gasteiger charge is 2.56. The van der Waals surface area contributed by atoms with Crippen molar-refractivity contribution >= 4 is 5.97 Å². The number of rotatable bonds is 42. The molecule has 119 heavy (non-hydrogen) atoms. The molecular formula is C83H136O36. The fourth-order valence-corrected chi connectivity index (χ4v) is 14.8. The third-order valence-electron chi connectivity index (χ3n) is 23.1. The zero-order valence-corrected chi connectivity index (χ0v) is 69.9. The van der Waals surface area contributed by atoms with Gasteiger partial charge in [0.2, 0.25) is 0 Å². The van der Waals surface area contributed by atoms with E-state index < -0.39 is 259 Å². The summed E-state index contributed by atoms with van der Waals surface area (Å²) in [7, 11) is 0. The summed E-state index contributed by atoms with van der Waals surface area (Å²) in [6.07, 6.45) is -32.1. The molecule has 7 heterocycles. The lowest BCUT2D eigenvalue weighted by molar-refractivity contribution is -0.375. The summed E-state index contributed by atoms with van der Waals surface area (Å²) in [6, 6.07) is 0. The number of carbonyl (C=O) groups excluding carboxylic acids is 1. The van der Waals surface area contributed by atoms with E-state index in [0.717, 1.165) is 40.7 Å². The Bertz CT molecular complexity index is 3300. The summed E-state index contributed by atoms with van der Waals surface area (Å²) in [6.45, 7) is 24.6. The first-order valence-corrected chi connectivity index (χ1v) is 41.2. The number of esters is 1. The van der Waals surface area contributed by atoms with Crippen molar-refractivity contribution in [1.82, 2.24) is 0 Å². The van der Waals surface area contributed by atoms with Gasteiger partial charge in [-0.3, -0.25) is 0 Å². The summed E-state index contributed by atoms with van der Waals surface area (Å²) in [5, 5.41) is 214. The SMILES string of the molecule is C=CC(C)(CC/C=C(\C)CC/C=C(\C)CC/C=C(\C)C(=O)OC1C(OCC2OC(OC3C(O)C(C)OC(OC/C(C)=C\CC/C(C)=C/CC/C(C)=C/CCC(C)(C=C)OC4OC(CO)C(O)C(O)C4OC4OC(CO)C(O)C(O)C4O)C3O)C(O)C(O)C2O)OC(C)C(O)C1O)OC1OC(CC)C(O)C(O)C1OC1OC(CO)C(O)C(O)C1O. The molecule has 37 atom stereocenters. The van der Waals surface area contributed by atoms with Crippen LogP contribution in [0.5, 0.6) is 0 Å². The van der Waals surface area contributed by atoms with Crippen LogP contribution in [-0.2, 0) is 75.8 Å². The van der Waals surface area contributed by atoms with Crippen LogP contribution in [0, 0.1) is 0 Å². The second-order valence-electron chi connectivity index (χ2n) is 32.9. The van der Waals surface area contributed by atoms with Crippen molar-refractivity contribution in [3.05, 3.63) is 95.2 Å². The molecule has 0 spiro atoms. The summed E-state index contributed by atoms with van der Waals surface area (Å²) >= 11 is 0. The van der Waals surface area contributed by atoms with E-state index in [-0.39, 0.29) is 12.2 Å². The Morgan fingerprint density at radius 1 is 0.353 bits per heavy atom. The van der Waals surface area contributed by atoms with Crippen LogP contribution in [0.1, 0.15) is 160 Å². The molecule has 7 saturated heterocycles. The lowest BCUT2D eigenvalue weighted by Gasteiger charge is -2.47. The number of allylic oxidation sites excluding steroid dienone is 10. The quantitative estimate of drug-likeness (QED) is 0.0198. The van der Waals surface area contributed by atoms with Crippen LogP contribution >= 0.6 is 0 Å². The number of carbonyl (C=O) groups is 1. The van der Waals surface area contributed by atoms with Crippen molar-refractivity contribution in [2.45, 2.75) is 386 Å². The lowest BCUT2D eigenvalue weighted by atomic mass is 9.94. The van der Waals surface area contributed by atoms with E-state index in [9.17, 15) is 107 Å². The fraction of sp³-hybridized carbons (Fsp3) is 0.795. The maximum absolute atomic E-state index is 13.6. The van der Waals surface area contributed by atoms with Crippen molar-refractivity contribution in [2.75, 3.05) is 33.0 Å². The first kappa shape index (κ1) is 102. The van der Waals surface area contributed by atoms with Crippen LogP contribution in [0.4, 0.5) is 0 Å². The molecule has 0 saturated carbocycles. The molecule has 0 radical (unpaired) electrons. The molecule has 7 rings (SSSR count). The Balaban J connectivity index is 0.836. The zero-order chi connectivity index (χ0) is 88.2. The van der Waals surface area contributed by atoms with E-state index in [1.54, 1.807) is 32.9 Å². The molecular weight excluding hydrogens is 1570 g/mol. The van der Waals surface area contributed by atoms with Crippen molar-refractivity contribution in [3.8, 4) is 0 Å². The van der Waals surface area contributed by atoms with E-state index in [2.05, 4.69) is 31.4 Å². The minimum absolute atomic E-state index is 0.00315. The van der Waals surface area contributed by atoms with E-state index in [4.69, 9.17) is 71.1 Å². The van der Waals surface area contributed by atoms with Gasteiger partial charge in [-0.15, -0.1) is 13.2 Å². The average Bonchev–Trinajstić information content (AvgIpc) is 0.791. The molecule has 20 N–H and O–H groups in total. The monoisotopic (exact) mass is 1710 g/mol. The number of aliphatic hydroxyl groups excluding tert-OH is 20. The molecule has 684 valence electrons. The van der Waals surface area contributed by atoms with Gasteiger partial charge in [0.25, 0.3) is 0 Å². The number of aliphatic hydroxyl groups is 20. The van der Waals surface area contributed by atoms with Gasteiger partial charge in [0.1, 0.15) is 146 Å². The van der Waals surface area contributed by atoms with Gasteiger partial charge >= 0.3 is 5.97 Å². The summed E-state index contributed by atoms with van der Waals surface area (Å²) in [5.41, 5.74) is 3.08. The molecule has 0 aromatic rings. The number of ether oxygens (including phenoxy) is 15. The van der Waals surface area contributed by atoms with Crippen LogP contribution in [0.2, 0.25) is 0 Å². The Hall–Kier alpha value is -3.97. The molecule has 0 amide bonds. The second-order valence-corrected chi connectivity index (χ2v) is 32.9. The Morgan fingerprint density at radius 2 is 0.697 bits per heavy atom. The van der Waals surface area contributed by atoms with Crippen molar-refractivity contribution in [3.63, 3.8) is 0 Å². The topological polar surface area (TPSA) is 560 Å². The predicted molar refractivity (Wildman–Crippen MR) is 419 cm³/mol. The molecule has 7 fully saturated rings. The van der Waals surface area contributed by atoms with Gasteiger partial charge in [0.05, 0.1) is 62.5 Å². The van der Waals surface area contributed by atoms with E-state index in [1.165, 1.54) is 26.8 Å². The van der Waals surface area contributed by atoms with Gasteiger partial charge < -0.3 is 173 Å². The second kappa shape index (κ2) is 47.6. The molecule has 36 nitrogen and oxygen atoms in total. The molecule has 37 unspecified atom stereocenters. The predicted octanol–water partition coefficient (Wildman–Crippen LogP) is -0.995. The van der Waals surface area contributed by atoms with E-state index >= 15 is 0 Å². The van der Waals surface area contributed by atoms with E-state index in [0.29, 0.717) is 70.6 Å². The van der Waals surface area contributed by atoms with Crippen LogP contribution in [0.15, 0.2) is 95.2 Å². The maximum Gasteiger partial charge on any atom is 0.333 e. The Kier molecular flexibility index (Phi) is 40.8.